The van der Waals surface area contributed by atoms with Crippen LogP contribution in [0.4, 0.5) is 0 Å². The normalized spacial score (nSPS) is 12.2. The molecule has 0 amide bonds. The number of aryl methyl sites for hydroxylation is 1. The molecule has 0 aliphatic heterocycles. The van der Waals surface area contributed by atoms with E-state index >= 15 is 0 Å². The van der Waals surface area contributed by atoms with Gasteiger partial charge < -0.3 is 4.74 Å². The molecule has 4 aromatic rings. The monoisotopic (exact) mass is 456 g/mol. The van der Waals surface area contributed by atoms with Gasteiger partial charge in [-0.1, -0.05) is 67.1 Å². The Balaban J connectivity index is 1.90. The lowest BCUT2D eigenvalue weighted by Crippen LogP contribution is -1.97. The lowest BCUT2D eigenvalue weighted by molar-refractivity contribution is -0.134. The first kappa shape index (κ1) is 22.6. The van der Waals surface area contributed by atoms with Gasteiger partial charge in [-0.2, -0.15) is 5.10 Å². The number of halogens is 1. The first-order chi connectivity index (χ1) is 16.0. The van der Waals surface area contributed by atoms with Crippen LogP contribution in [-0.4, -0.2) is 22.9 Å². The topological polar surface area (TPSA) is 44.1 Å². The first-order valence-electron chi connectivity index (χ1n) is 10.8. The van der Waals surface area contributed by atoms with Crippen molar-refractivity contribution in [1.29, 1.82) is 0 Å². The van der Waals surface area contributed by atoms with Crippen LogP contribution in [0.15, 0.2) is 79.0 Å². The van der Waals surface area contributed by atoms with Gasteiger partial charge in [-0.05, 0) is 64.1 Å². The van der Waals surface area contributed by atoms with Crippen molar-refractivity contribution in [3.8, 4) is 0 Å². The van der Waals surface area contributed by atoms with Gasteiger partial charge in [0.25, 0.3) is 0 Å². The Kier molecular flexibility index (Phi) is 6.76. The van der Waals surface area contributed by atoms with Gasteiger partial charge in [-0.25, -0.2) is 4.79 Å². The van der Waals surface area contributed by atoms with Crippen LogP contribution in [0.2, 0.25) is 5.02 Å². The summed E-state index contributed by atoms with van der Waals surface area (Å²) in [7, 11) is 3.31. The maximum atomic E-state index is 11.4. The van der Waals surface area contributed by atoms with Gasteiger partial charge in [0, 0.05) is 23.5 Å². The summed E-state index contributed by atoms with van der Waals surface area (Å²) in [6, 6.07) is 22.5. The number of aromatic nitrogens is 2. The predicted octanol–water partition coefficient (Wildman–Crippen LogP) is 6.78. The average molecular weight is 457 g/mol. The second-order valence-corrected chi connectivity index (χ2v) is 8.11. The molecule has 4 rings (SSSR count). The minimum Gasteiger partial charge on any atom is -0.466 e. The number of hydrogen-bond donors (Lipinski definition) is 0. The molecule has 0 saturated heterocycles. The Hall–Kier alpha value is -3.63. The summed E-state index contributed by atoms with van der Waals surface area (Å²) in [6.45, 7) is 2.15. The van der Waals surface area contributed by atoms with E-state index in [9.17, 15) is 4.79 Å². The molecule has 5 heteroatoms. The van der Waals surface area contributed by atoms with Crippen molar-refractivity contribution in [2.45, 2.75) is 13.3 Å². The van der Waals surface area contributed by atoms with E-state index in [1.165, 1.54) is 18.8 Å². The van der Waals surface area contributed by atoms with E-state index < -0.39 is 0 Å². The molecule has 0 aliphatic rings. The number of hydrogen-bond acceptors (Lipinski definition) is 3. The molecule has 0 bridgehead atoms. The third kappa shape index (κ3) is 4.76. The fraction of sp³-hybridized carbons (Fsp3) is 0.143. The highest BCUT2D eigenvalue weighted by atomic mass is 35.5. The van der Waals surface area contributed by atoms with Crippen molar-refractivity contribution in [2.24, 2.45) is 7.05 Å². The maximum absolute atomic E-state index is 11.4. The van der Waals surface area contributed by atoms with Crippen LogP contribution in [0.3, 0.4) is 0 Å². The molecule has 0 atom stereocenters. The highest BCUT2D eigenvalue weighted by Gasteiger charge is 2.16. The largest absolute Gasteiger partial charge is 0.466 e. The fourth-order valence-corrected chi connectivity index (χ4v) is 4.29. The van der Waals surface area contributed by atoms with Crippen LogP contribution < -0.4 is 0 Å². The molecular formula is C28H25ClN2O2. The summed E-state index contributed by atoms with van der Waals surface area (Å²) in [5.74, 6) is -0.378. The highest BCUT2D eigenvalue weighted by molar-refractivity contribution is 6.32. The molecule has 0 radical (unpaired) electrons. The van der Waals surface area contributed by atoms with E-state index in [4.69, 9.17) is 11.6 Å². The Morgan fingerprint density at radius 1 is 1.06 bits per heavy atom. The van der Waals surface area contributed by atoms with Crippen molar-refractivity contribution in [3.63, 3.8) is 0 Å². The quantitative estimate of drug-likeness (QED) is 0.182. The Morgan fingerprint density at radius 3 is 2.48 bits per heavy atom. The smallest absolute Gasteiger partial charge is 0.330 e. The van der Waals surface area contributed by atoms with Crippen molar-refractivity contribution in [2.75, 3.05) is 7.11 Å². The van der Waals surface area contributed by atoms with E-state index in [0.717, 1.165) is 50.2 Å². The van der Waals surface area contributed by atoms with Gasteiger partial charge in [0.15, 0.2) is 0 Å². The van der Waals surface area contributed by atoms with E-state index in [1.807, 2.05) is 48.3 Å². The summed E-state index contributed by atoms with van der Waals surface area (Å²) in [6.07, 6.45) is 5.87. The van der Waals surface area contributed by atoms with Gasteiger partial charge in [0.05, 0.1) is 18.8 Å². The van der Waals surface area contributed by atoms with Crippen LogP contribution in [0.5, 0.6) is 0 Å². The molecule has 1 heterocycles. The van der Waals surface area contributed by atoms with E-state index in [2.05, 4.69) is 53.2 Å². The van der Waals surface area contributed by atoms with Gasteiger partial charge in [0.2, 0.25) is 0 Å². The van der Waals surface area contributed by atoms with E-state index in [0.29, 0.717) is 0 Å². The molecule has 0 aliphatic carbocycles. The number of nitrogens with zero attached hydrogens (tertiary/aromatic N) is 2. The summed E-state index contributed by atoms with van der Waals surface area (Å²) >= 11 is 6.62. The number of carbonyl (C=O) groups excluding carboxylic acids is 1. The Morgan fingerprint density at radius 2 is 1.79 bits per heavy atom. The molecule has 0 saturated carbocycles. The van der Waals surface area contributed by atoms with Crippen LogP contribution in [0, 0.1) is 0 Å². The Bertz CT molecular complexity index is 1360. The van der Waals surface area contributed by atoms with Crippen LogP contribution in [0.1, 0.15) is 35.6 Å². The SMILES string of the molecule is CCC(=C(c1ccc(C=CC(=O)OC)cc1)c1ccc2c(cnn2C)c1)c1ccccc1Cl. The fourth-order valence-electron chi connectivity index (χ4n) is 4.04. The molecule has 0 fully saturated rings. The van der Waals surface area contributed by atoms with Crippen molar-refractivity contribution in [1.82, 2.24) is 9.78 Å². The molecule has 0 N–H and O–H groups in total. The number of esters is 1. The third-order valence-electron chi connectivity index (χ3n) is 5.70. The summed E-state index contributed by atoms with van der Waals surface area (Å²) in [4.78, 5) is 11.4. The molecule has 166 valence electrons. The molecule has 33 heavy (non-hydrogen) atoms. The lowest BCUT2D eigenvalue weighted by atomic mass is 9.87. The number of benzene rings is 3. The number of carbonyl (C=O) groups is 1. The second-order valence-electron chi connectivity index (χ2n) is 7.71. The maximum Gasteiger partial charge on any atom is 0.330 e. The summed E-state index contributed by atoms with van der Waals surface area (Å²) < 4.78 is 6.56. The Labute approximate surface area is 198 Å². The standard InChI is InChI=1S/C28H25ClN2O2/c1-4-23(24-7-5-6-8-25(24)29)28(21-14-15-26-22(17-21)18-30-31(26)2)20-12-9-19(10-13-20)11-16-27(32)33-3/h5-18H,4H2,1-3H3. The summed E-state index contributed by atoms with van der Waals surface area (Å²) in [5, 5.41) is 6.21. The zero-order valence-electron chi connectivity index (χ0n) is 18.9. The predicted molar refractivity (Wildman–Crippen MR) is 136 cm³/mol. The number of fused-ring (bicyclic) bond motifs is 1. The van der Waals surface area contributed by atoms with Crippen LogP contribution >= 0.6 is 11.6 Å². The minimum absolute atomic E-state index is 0.378. The first-order valence-corrected chi connectivity index (χ1v) is 11.2. The van der Waals surface area contributed by atoms with Crippen molar-refractivity contribution >= 4 is 45.7 Å². The number of allylic oxidation sites excluding steroid dienone is 1. The zero-order chi connectivity index (χ0) is 23.4. The molecule has 3 aromatic carbocycles. The highest BCUT2D eigenvalue weighted by Crippen LogP contribution is 2.38. The van der Waals surface area contributed by atoms with Crippen LogP contribution in [-0.2, 0) is 16.6 Å². The van der Waals surface area contributed by atoms with Crippen LogP contribution in [0.25, 0.3) is 28.1 Å². The average Bonchev–Trinajstić information content (AvgIpc) is 3.22. The van der Waals surface area contributed by atoms with Crippen molar-refractivity contribution < 1.29 is 9.53 Å². The van der Waals surface area contributed by atoms with Crippen molar-refractivity contribution in [3.05, 3.63) is 106 Å². The number of ether oxygens (including phenoxy) is 1. The lowest BCUT2D eigenvalue weighted by Gasteiger charge is -2.17. The van der Waals surface area contributed by atoms with Gasteiger partial charge in [-0.15, -0.1) is 0 Å². The van der Waals surface area contributed by atoms with E-state index in [-0.39, 0.29) is 5.97 Å². The minimum atomic E-state index is -0.378. The second kappa shape index (κ2) is 9.88. The molecule has 0 unspecified atom stereocenters. The van der Waals surface area contributed by atoms with Gasteiger partial charge in [0.1, 0.15) is 0 Å². The number of rotatable bonds is 6. The molecular weight excluding hydrogens is 432 g/mol. The third-order valence-corrected chi connectivity index (χ3v) is 6.03. The van der Waals surface area contributed by atoms with Gasteiger partial charge >= 0.3 is 5.97 Å². The zero-order valence-corrected chi connectivity index (χ0v) is 19.6. The molecule has 1 aromatic heterocycles. The molecule has 0 spiro atoms. The summed E-state index contributed by atoms with van der Waals surface area (Å²) in [5.41, 5.74) is 7.49. The van der Waals surface area contributed by atoms with Gasteiger partial charge in [-0.3, -0.25) is 4.68 Å². The molecule has 4 nitrogen and oxygen atoms in total. The number of methoxy groups -OCH3 is 1. The van der Waals surface area contributed by atoms with E-state index in [1.54, 1.807) is 6.08 Å².